The summed E-state index contributed by atoms with van der Waals surface area (Å²) in [5.41, 5.74) is 2.75. The Morgan fingerprint density at radius 1 is 1.29 bits per heavy atom. The highest BCUT2D eigenvalue weighted by Crippen LogP contribution is 2.24. The first kappa shape index (κ1) is 10.00. The molecule has 0 spiro atoms. The molecule has 1 aromatic heterocycles. The molecule has 0 unspecified atom stereocenters. The summed E-state index contributed by atoms with van der Waals surface area (Å²) in [6.07, 6.45) is 0. The maximum atomic E-state index is 12.8. The Balaban J connectivity index is 2.16. The number of rotatable bonds is 1. The quantitative estimate of drug-likeness (QED) is 0.750. The van der Waals surface area contributed by atoms with Crippen molar-refractivity contribution in [1.82, 2.24) is 9.78 Å². The number of halogens is 1. The van der Waals surface area contributed by atoms with Crippen LogP contribution in [0.25, 0.3) is 5.69 Å². The van der Waals surface area contributed by atoms with Gasteiger partial charge in [-0.2, -0.15) is 10.4 Å². The molecule has 0 atom stereocenters. The molecule has 0 amide bonds. The number of ether oxygens (including phenoxy) is 1. The first-order chi connectivity index (χ1) is 8.29. The van der Waals surface area contributed by atoms with Gasteiger partial charge in [-0.25, -0.2) is 9.07 Å². The molecule has 0 saturated heterocycles. The first-order valence-electron chi connectivity index (χ1n) is 5.14. The molecule has 1 aliphatic rings. The van der Waals surface area contributed by atoms with Crippen molar-refractivity contribution in [2.24, 2.45) is 0 Å². The van der Waals surface area contributed by atoms with Crippen LogP contribution in [0.3, 0.4) is 0 Å². The average molecular weight is 229 g/mol. The lowest BCUT2D eigenvalue weighted by molar-refractivity contribution is 0.131. The van der Waals surface area contributed by atoms with Crippen LogP contribution in [-0.4, -0.2) is 9.78 Å². The second kappa shape index (κ2) is 3.68. The van der Waals surface area contributed by atoms with Gasteiger partial charge in [0, 0.05) is 5.56 Å². The zero-order valence-electron chi connectivity index (χ0n) is 8.85. The zero-order valence-corrected chi connectivity index (χ0v) is 8.85. The van der Waals surface area contributed by atoms with Crippen LogP contribution in [0.4, 0.5) is 4.39 Å². The Bertz CT molecular complexity index is 610. The van der Waals surface area contributed by atoms with E-state index in [0.717, 1.165) is 11.3 Å². The lowest BCUT2D eigenvalue weighted by Crippen LogP contribution is -2.02. The SMILES string of the molecule is N#Cc1c2c(nn1-c1ccc(F)cc1)COC2. The summed E-state index contributed by atoms with van der Waals surface area (Å²) in [6.45, 7) is 0.845. The highest BCUT2D eigenvalue weighted by Gasteiger charge is 2.23. The maximum Gasteiger partial charge on any atom is 0.150 e. The van der Waals surface area contributed by atoms with Crippen LogP contribution in [0.5, 0.6) is 0 Å². The standard InChI is InChI=1S/C12H8FN3O/c13-8-1-3-9(4-2-8)16-12(5-14)10-6-17-7-11(10)15-16/h1-4H,6-7H2. The minimum atomic E-state index is -0.310. The number of nitrogens with zero attached hydrogens (tertiary/aromatic N) is 3. The van der Waals surface area contributed by atoms with E-state index in [4.69, 9.17) is 10.00 Å². The van der Waals surface area contributed by atoms with E-state index in [1.807, 2.05) is 0 Å². The van der Waals surface area contributed by atoms with Gasteiger partial charge in [0.05, 0.1) is 24.6 Å². The van der Waals surface area contributed by atoms with Crippen LogP contribution in [0.2, 0.25) is 0 Å². The number of hydrogen-bond donors (Lipinski definition) is 0. The van der Waals surface area contributed by atoms with Gasteiger partial charge in [-0.05, 0) is 24.3 Å². The van der Waals surface area contributed by atoms with Crippen molar-refractivity contribution in [2.75, 3.05) is 0 Å². The van der Waals surface area contributed by atoms with E-state index in [0.29, 0.717) is 24.6 Å². The van der Waals surface area contributed by atoms with Gasteiger partial charge in [0.1, 0.15) is 17.6 Å². The van der Waals surface area contributed by atoms with Gasteiger partial charge in [0.25, 0.3) is 0 Å². The van der Waals surface area contributed by atoms with E-state index in [1.165, 1.54) is 16.8 Å². The number of benzene rings is 1. The third-order valence-corrected chi connectivity index (χ3v) is 2.73. The molecule has 1 aliphatic heterocycles. The minimum Gasteiger partial charge on any atom is -0.370 e. The molecule has 0 N–H and O–H groups in total. The molecule has 17 heavy (non-hydrogen) atoms. The molecule has 0 bridgehead atoms. The Labute approximate surface area is 96.9 Å². The van der Waals surface area contributed by atoms with Crippen LogP contribution >= 0.6 is 0 Å². The van der Waals surface area contributed by atoms with E-state index in [9.17, 15) is 4.39 Å². The van der Waals surface area contributed by atoms with Gasteiger partial charge in [-0.1, -0.05) is 0 Å². The molecule has 5 heteroatoms. The van der Waals surface area contributed by atoms with Gasteiger partial charge in [-0.3, -0.25) is 0 Å². The summed E-state index contributed by atoms with van der Waals surface area (Å²) in [6, 6.07) is 8.00. The van der Waals surface area contributed by atoms with E-state index in [2.05, 4.69) is 11.2 Å². The number of aromatic nitrogens is 2. The van der Waals surface area contributed by atoms with Crippen LogP contribution in [-0.2, 0) is 18.0 Å². The molecule has 0 fully saturated rings. The molecular formula is C12H8FN3O. The fourth-order valence-corrected chi connectivity index (χ4v) is 1.90. The van der Waals surface area contributed by atoms with E-state index < -0.39 is 0 Å². The first-order valence-corrected chi connectivity index (χ1v) is 5.14. The largest absolute Gasteiger partial charge is 0.370 e. The van der Waals surface area contributed by atoms with Gasteiger partial charge >= 0.3 is 0 Å². The molecule has 4 nitrogen and oxygen atoms in total. The van der Waals surface area contributed by atoms with Crippen molar-refractivity contribution in [2.45, 2.75) is 13.2 Å². The summed E-state index contributed by atoms with van der Waals surface area (Å²) in [5.74, 6) is -0.310. The number of nitriles is 1. The predicted octanol–water partition coefficient (Wildman–Crippen LogP) is 1.91. The van der Waals surface area contributed by atoms with Crippen molar-refractivity contribution >= 4 is 0 Å². The van der Waals surface area contributed by atoms with Crippen molar-refractivity contribution in [1.29, 1.82) is 5.26 Å². The fourth-order valence-electron chi connectivity index (χ4n) is 1.90. The van der Waals surface area contributed by atoms with E-state index >= 15 is 0 Å². The van der Waals surface area contributed by atoms with Crippen LogP contribution in [0, 0.1) is 17.1 Å². The summed E-state index contributed by atoms with van der Waals surface area (Å²) in [7, 11) is 0. The van der Waals surface area contributed by atoms with Crippen molar-refractivity contribution in [3.05, 3.63) is 47.0 Å². The molecule has 0 saturated carbocycles. The highest BCUT2D eigenvalue weighted by molar-refractivity contribution is 5.43. The summed E-state index contributed by atoms with van der Waals surface area (Å²) in [4.78, 5) is 0. The average Bonchev–Trinajstić information content (AvgIpc) is 2.89. The second-order valence-corrected chi connectivity index (χ2v) is 3.77. The normalized spacial score (nSPS) is 13.4. The molecule has 84 valence electrons. The third-order valence-electron chi connectivity index (χ3n) is 2.73. The van der Waals surface area contributed by atoms with Crippen molar-refractivity contribution in [3.8, 4) is 11.8 Å². The topological polar surface area (TPSA) is 50.8 Å². The number of fused-ring (bicyclic) bond motifs is 1. The molecule has 1 aromatic carbocycles. The smallest absolute Gasteiger partial charge is 0.150 e. The molecule has 2 aromatic rings. The lowest BCUT2D eigenvalue weighted by atomic mass is 10.2. The van der Waals surface area contributed by atoms with Crippen molar-refractivity contribution < 1.29 is 9.13 Å². The Morgan fingerprint density at radius 2 is 2.06 bits per heavy atom. The zero-order chi connectivity index (χ0) is 11.8. The predicted molar refractivity (Wildman–Crippen MR) is 56.7 cm³/mol. The van der Waals surface area contributed by atoms with Gasteiger partial charge < -0.3 is 4.74 Å². The molecule has 0 aliphatic carbocycles. The third kappa shape index (κ3) is 1.50. The summed E-state index contributed by atoms with van der Waals surface area (Å²) in [5, 5.41) is 13.5. The maximum absolute atomic E-state index is 12.8. The minimum absolute atomic E-state index is 0.310. The van der Waals surface area contributed by atoms with Gasteiger partial charge in [0.2, 0.25) is 0 Å². The van der Waals surface area contributed by atoms with E-state index in [-0.39, 0.29) is 5.82 Å². The van der Waals surface area contributed by atoms with Crippen LogP contribution < -0.4 is 0 Å². The molecule has 3 rings (SSSR count). The van der Waals surface area contributed by atoms with Crippen LogP contribution in [0.1, 0.15) is 17.0 Å². The van der Waals surface area contributed by atoms with Gasteiger partial charge in [0.15, 0.2) is 0 Å². The Morgan fingerprint density at radius 3 is 2.76 bits per heavy atom. The highest BCUT2D eigenvalue weighted by atomic mass is 19.1. The second-order valence-electron chi connectivity index (χ2n) is 3.77. The Hall–Kier alpha value is -2.19. The molecule has 0 radical (unpaired) electrons. The molecule has 2 heterocycles. The van der Waals surface area contributed by atoms with Crippen molar-refractivity contribution in [3.63, 3.8) is 0 Å². The fraction of sp³-hybridized carbons (Fsp3) is 0.167. The summed E-state index contributed by atoms with van der Waals surface area (Å²) >= 11 is 0. The summed E-state index contributed by atoms with van der Waals surface area (Å²) < 4.78 is 19.6. The van der Waals surface area contributed by atoms with E-state index in [1.54, 1.807) is 12.1 Å². The Kier molecular flexibility index (Phi) is 2.16. The lowest BCUT2D eigenvalue weighted by Gasteiger charge is -2.03. The van der Waals surface area contributed by atoms with Gasteiger partial charge in [-0.15, -0.1) is 0 Å². The molecular weight excluding hydrogens is 221 g/mol. The number of hydrogen-bond acceptors (Lipinski definition) is 3. The monoisotopic (exact) mass is 229 g/mol. The van der Waals surface area contributed by atoms with Crippen LogP contribution in [0.15, 0.2) is 24.3 Å².